The summed E-state index contributed by atoms with van der Waals surface area (Å²) >= 11 is 0. The minimum Gasteiger partial charge on any atom is -0.460 e. The third kappa shape index (κ3) is 21.8. The third-order valence-corrected chi connectivity index (χ3v) is 7.31. The van der Waals surface area contributed by atoms with Crippen molar-refractivity contribution in [1.29, 1.82) is 0 Å². The number of nitrogens with zero attached hydrogens (tertiary/aromatic N) is 1. The van der Waals surface area contributed by atoms with E-state index in [1.54, 1.807) is 92.6 Å². The van der Waals surface area contributed by atoms with Gasteiger partial charge in [0.2, 0.25) is 11.8 Å². The predicted molar refractivity (Wildman–Crippen MR) is 206 cm³/mol. The van der Waals surface area contributed by atoms with Crippen LogP contribution in [-0.2, 0) is 49.5 Å². The van der Waals surface area contributed by atoms with Crippen molar-refractivity contribution in [3.05, 3.63) is 35.9 Å². The summed E-state index contributed by atoms with van der Waals surface area (Å²) in [7, 11) is 2.85. The fourth-order valence-electron chi connectivity index (χ4n) is 4.92. The number of hydrogen-bond acceptors (Lipinski definition) is 12. The molecule has 17 nitrogen and oxygen atoms in total. The van der Waals surface area contributed by atoms with Crippen LogP contribution in [0.2, 0.25) is 0 Å². The Bertz CT molecular complexity index is 1470. The van der Waals surface area contributed by atoms with E-state index in [9.17, 15) is 38.7 Å². The SMILES string of the molecule is CN(C)C(=O)[C@H](CC(=O)OC(C)(C)C)NC(=O)C(O)[C@H](CCCCNC(=O)OC(C)(C)C)NC(=O)[C@H](CCC(=O)OC(C)(C)C)NC(=O)OCc1ccccc1. The van der Waals surface area contributed by atoms with Crippen molar-refractivity contribution >= 4 is 41.8 Å². The van der Waals surface area contributed by atoms with Crippen LogP contribution in [0, 0.1) is 0 Å². The zero-order valence-electron chi connectivity index (χ0n) is 34.7. The van der Waals surface area contributed by atoms with Gasteiger partial charge in [-0.25, -0.2) is 9.59 Å². The number of rotatable bonds is 19. The molecule has 5 amide bonds. The Morgan fingerprint density at radius 2 is 1.25 bits per heavy atom. The summed E-state index contributed by atoms with van der Waals surface area (Å²) in [6.45, 7) is 15.2. The van der Waals surface area contributed by atoms with E-state index in [1.165, 1.54) is 14.1 Å². The molecule has 1 aromatic carbocycles. The minimum atomic E-state index is -1.97. The molecule has 0 fully saturated rings. The standard InChI is InChI=1S/C39H63N5O12/c1-37(2,3)54-29(45)21-20-27(43-36(52)53-24-25-17-13-12-14-18-25)32(48)41-26(19-15-16-22-40-35(51)56-39(7,8)9)31(47)33(49)42-28(34(50)44(10)11)23-30(46)55-38(4,5)6/h12-14,17-18,26-28,31,47H,15-16,19-24H2,1-11H3,(H,40,51)(H,41,48)(H,42,49)(H,43,52)/t26-,27-,28-,31?/m0/s1. The molecule has 0 aromatic heterocycles. The molecule has 5 N–H and O–H groups in total. The maximum atomic E-state index is 13.8. The van der Waals surface area contributed by atoms with Gasteiger partial charge in [-0.15, -0.1) is 0 Å². The van der Waals surface area contributed by atoms with Crippen LogP contribution in [0.5, 0.6) is 0 Å². The summed E-state index contributed by atoms with van der Waals surface area (Å²) in [4.78, 5) is 91.8. The highest BCUT2D eigenvalue weighted by atomic mass is 16.6. The van der Waals surface area contributed by atoms with Gasteiger partial charge in [-0.05, 0) is 93.6 Å². The Hall–Kier alpha value is -4.93. The normalized spacial score (nSPS) is 13.8. The third-order valence-electron chi connectivity index (χ3n) is 7.31. The van der Waals surface area contributed by atoms with Crippen molar-refractivity contribution in [2.45, 2.75) is 148 Å². The van der Waals surface area contributed by atoms with Gasteiger partial charge in [0.15, 0.2) is 6.10 Å². The zero-order chi connectivity index (χ0) is 42.9. The Labute approximate surface area is 330 Å². The molecule has 0 aliphatic carbocycles. The van der Waals surface area contributed by atoms with Crippen molar-refractivity contribution in [3.63, 3.8) is 0 Å². The molecule has 0 spiro atoms. The van der Waals surface area contributed by atoms with E-state index < -0.39 is 89.3 Å². The second-order valence-corrected chi connectivity index (χ2v) is 16.5. The number of likely N-dealkylation sites (N-methyl/N-ethyl adjacent to an activating group) is 1. The summed E-state index contributed by atoms with van der Waals surface area (Å²) in [6, 6.07) is 4.69. The van der Waals surface area contributed by atoms with Gasteiger partial charge in [0.05, 0.1) is 12.5 Å². The maximum Gasteiger partial charge on any atom is 0.408 e. The van der Waals surface area contributed by atoms with Gasteiger partial charge in [-0.2, -0.15) is 0 Å². The van der Waals surface area contributed by atoms with Crippen LogP contribution in [0.15, 0.2) is 30.3 Å². The van der Waals surface area contributed by atoms with Gasteiger partial charge in [-0.1, -0.05) is 30.3 Å². The second kappa shape index (κ2) is 22.6. The number of amides is 5. The van der Waals surface area contributed by atoms with Crippen molar-refractivity contribution in [1.82, 2.24) is 26.2 Å². The molecule has 17 heteroatoms. The highest BCUT2D eigenvalue weighted by Crippen LogP contribution is 2.14. The number of carbonyl (C=O) groups excluding carboxylic acids is 7. The number of esters is 2. The Balaban J connectivity index is 3.30. The van der Waals surface area contributed by atoms with Crippen molar-refractivity contribution in [2.24, 2.45) is 0 Å². The van der Waals surface area contributed by atoms with Crippen LogP contribution >= 0.6 is 0 Å². The average Bonchev–Trinajstić information content (AvgIpc) is 3.05. The van der Waals surface area contributed by atoms with Crippen LogP contribution in [0.4, 0.5) is 9.59 Å². The Kier molecular flexibility index (Phi) is 19.8. The van der Waals surface area contributed by atoms with E-state index in [0.717, 1.165) is 4.90 Å². The summed E-state index contributed by atoms with van der Waals surface area (Å²) in [5.74, 6) is -3.99. The maximum absolute atomic E-state index is 13.8. The Morgan fingerprint density at radius 1 is 0.679 bits per heavy atom. The number of ether oxygens (including phenoxy) is 4. The van der Waals surface area contributed by atoms with E-state index >= 15 is 0 Å². The highest BCUT2D eigenvalue weighted by molar-refractivity contribution is 5.93. The molecule has 0 bridgehead atoms. The number of unbranched alkanes of at least 4 members (excludes halogenated alkanes) is 1. The molecular formula is C39H63N5O12. The summed E-state index contributed by atoms with van der Waals surface area (Å²) in [5, 5.41) is 21.4. The van der Waals surface area contributed by atoms with Crippen LogP contribution in [0.3, 0.4) is 0 Å². The number of benzene rings is 1. The molecule has 0 aliphatic rings. The fraction of sp³-hybridized carbons (Fsp3) is 0.667. The van der Waals surface area contributed by atoms with Gasteiger partial charge in [-0.3, -0.25) is 24.0 Å². The summed E-state index contributed by atoms with van der Waals surface area (Å²) < 4.78 is 21.2. The zero-order valence-corrected chi connectivity index (χ0v) is 34.7. The Morgan fingerprint density at radius 3 is 1.80 bits per heavy atom. The second-order valence-electron chi connectivity index (χ2n) is 16.5. The van der Waals surface area contributed by atoms with E-state index in [4.69, 9.17) is 18.9 Å². The minimum absolute atomic E-state index is 0.0219. The first-order chi connectivity index (χ1) is 25.8. The number of aliphatic hydroxyl groups is 1. The molecule has 0 aliphatic heterocycles. The van der Waals surface area contributed by atoms with Gasteiger partial charge >= 0.3 is 24.1 Å². The average molecular weight is 794 g/mol. The van der Waals surface area contributed by atoms with Crippen molar-refractivity contribution in [3.8, 4) is 0 Å². The molecule has 0 saturated heterocycles. The number of carbonyl (C=O) groups is 7. The van der Waals surface area contributed by atoms with E-state index in [-0.39, 0.29) is 38.8 Å². The van der Waals surface area contributed by atoms with Crippen LogP contribution in [0.1, 0.15) is 106 Å². The lowest BCUT2D eigenvalue weighted by Crippen LogP contribution is -2.58. The number of nitrogens with one attached hydrogen (secondary N) is 4. The molecule has 1 rings (SSSR count). The summed E-state index contributed by atoms with van der Waals surface area (Å²) in [6.07, 6.45) is -4.04. The first-order valence-electron chi connectivity index (χ1n) is 18.6. The fourth-order valence-corrected chi connectivity index (χ4v) is 4.92. The van der Waals surface area contributed by atoms with Crippen molar-refractivity contribution < 1.29 is 57.6 Å². The molecule has 1 aromatic rings. The molecule has 56 heavy (non-hydrogen) atoms. The number of aliphatic hydroxyl groups excluding tert-OH is 1. The first kappa shape index (κ1) is 49.1. The summed E-state index contributed by atoms with van der Waals surface area (Å²) in [5.41, 5.74) is -1.71. The van der Waals surface area contributed by atoms with Crippen LogP contribution in [0.25, 0.3) is 0 Å². The van der Waals surface area contributed by atoms with E-state index in [1.807, 2.05) is 0 Å². The van der Waals surface area contributed by atoms with Gasteiger partial charge in [0, 0.05) is 27.1 Å². The lowest BCUT2D eigenvalue weighted by molar-refractivity contribution is -0.157. The number of hydrogen-bond donors (Lipinski definition) is 5. The molecule has 1 unspecified atom stereocenters. The molecule has 0 heterocycles. The number of alkyl carbamates (subject to hydrolysis) is 2. The molecule has 0 radical (unpaired) electrons. The van der Waals surface area contributed by atoms with Crippen LogP contribution < -0.4 is 21.3 Å². The first-order valence-corrected chi connectivity index (χ1v) is 18.6. The van der Waals surface area contributed by atoms with Gasteiger partial charge < -0.3 is 50.2 Å². The predicted octanol–water partition coefficient (Wildman–Crippen LogP) is 3.25. The van der Waals surface area contributed by atoms with Gasteiger partial charge in [0.1, 0.15) is 35.5 Å². The molecule has 0 saturated carbocycles. The van der Waals surface area contributed by atoms with Crippen molar-refractivity contribution in [2.75, 3.05) is 20.6 Å². The topological polar surface area (TPSA) is 228 Å². The van der Waals surface area contributed by atoms with Crippen LogP contribution in [-0.4, -0.2) is 114 Å². The monoisotopic (exact) mass is 793 g/mol. The molecular weight excluding hydrogens is 730 g/mol. The smallest absolute Gasteiger partial charge is 0.408 e. The highest BCUT2D eigenvalue weighted by Gasteiger charge is 2.35. The largest absolute Gasteiger partial charge is 0.460 e. The van der Waals surface area contributed by atoms with E-state index in [2.05, 4.69) is 21.3 Å². The molecule has 316 valence electrons. The molecule has 4 atom stereocenters. The lowest BCUT2D eigenvalue weighted by Gasteiger charge is -2.29. The quantitative estimate of drug-likeness (QED) is 0.0773. The van der Waals surface area contributed by atoms with Gasteiger partial charge in [0.25, 0.3) is 5.91 Å². The lowest BCUT2D eigenvalue weighted by atomic mass is 10.0. The van der Waals surface area contributed by atoms with E-state index in [0.29, 0.717) is 12.0 Å².